The number of hydrogen-bond donors (Lipinski definition) is 0. The van der Waals surface area contributed by atoms with E-state index in [1.165, 1.54) is 18.2 Å². The molecule has 0 saturated heterocycles. The van der Waals surface area contributed by atoms with Gasteiger partial charge in [-0.15, -0.1) is 0 Å². The SMILES string of the molecule is Cc1ccc(Oc2ccc(C#N)c([N+](=O)[O-])c2)cc1. The van der Waals surface area contributed by atoms with E-state index in [2.05, 4.69) is 0 Å². The van der Waals surface area contributed by atoms with Crippen molar-refractivity contribution in [2.75, 3.05) is 0 Å². The van der Waals surface area contributed by atoms with E-state index in [0.29, 0.717) is 11.5 Å². The van der Waals surface area contributed by atoms with E-state index in [-0.39, 0.29) is 11.3 Å². The number of nitrogens with zero attached hydrogens (tertiary/aromatic N) is 2. The van der Waals surface area contributed by atoms with Crippen LogP contribution in [0.15, 0.2) is 42.5 Å². The first-order valence-corrected chi connectivity index (χ1v) is 5.53. The van der Waals surface area contributed by atoms with Crippen LogP contribution in [0.1, 0.15) is 11.1 Å². The third-order valence-corrected chi connectivity index (χ3v) is 2.54. The Kier molecular flexibility index (Phi) is 3.44. The van der Waals surface area contributed by atoms with Crippen LogP contribution >= 0.6 is 0 Å². The van der Waals surface area contributed by atoms with Crippen LogP contribution in [0.3, 0.4) is 0 Å². The maximum Gasteiger partial charge on any atom is 0.290 e. The minimum atomic E-state index is -0.597. The molecule has 0 aromatic heterocycles. The van der Waals surface area contributed by atoms with Gasteiger partial charge in [0, 0.05) is 0 Å². The second-order valence-corrected chi connectivity index (χ2v) is 3.96. The Labute approximate surface area is 109 Å². The fourth-order valence-electron chi connectivity index (χ4n) is 1.56. The summed E-state index contributed by atoms with van der Waals surface area (Å²) >= 11 is 0. The minimum Gasteiger partial charge on any atom is -0.457 e. The van der Waals surface area contributed by atoms with Gasteiger partial charge in [0.05, 0.1) is 11.0 Å². The molecule has 0 heterocycles. The highest BCUT2D eigenvalue weighted by atomic mass is 16.6. The molecule has 0 saturated carbocycles. The van der Waals surface area contributed by atoms with Crippen molar-refractivity contribution >= 4 is 5.69 Å². The molecule has 0 spiro atoms. The van der Waals surface area contributed by atoms with Crippen LogP contribution < -0.4 is 4.74 Å². The normalized spacial score (nSPS) is 9.68. The molecule has 0 amide bonds. The van der Waals surface area contributed by atoms with Gasteiger partial charge in [0.1, 0.15) is 23.1 Å². The van der Waals surface area contributed by atoms with Crippen LogP contribution in [0, 0.1) is 28.4 Å². The topological polar surface area (TPSA) is 76.2 Å². The number of nitro groups is 1. The number of benzene rings is 2. The van der Waals surface area contributed by atoms with Crippen LogP contribution in [-0.4, -0.2) is 4.92 Å². The zero-order valence-corrected chi connectivity index (χ0v) is 10.2. The maximum absolute atomic E-state index is 10.8. The summed E-state index contributed by atoms with van der Waals surface area (Å²) in [7, 11) is 0. The third-order valence-electron chi connectivity index (χ3n) is 2.54. The predicted octanol–water partition coefficient (Wildman–Crippen LogP) is 3.57. The Morgan fingerprint density at radius 1 is 1.16 bits per heavy atom. The van der Waals surface area contributed by atoms with Gasteiger partial charge in [-0.1, -0.05) is 17.7 Å². The van der Waals surface area contributed by atoms with Crippen molar-refractivity contribution in [2.24, 2.45) is 0 Å². The molecule has 5 heteroatoms. The van der Waals surface area contributed by atoms with E-state index in [4.69, 9.17) is 10.00 Å². The number of hydrogen-bond acceptors (Lipinski definition) is 4. The van der Waals surface area contributed by atoms with Gasteiger partial charge in [-0.2, -0.15) is 5.26 Å². The molecule has 94 valence electrons. The highest BCUT2D eigenvalue weighted by Gasteiger charge is 2.15. The molecule has 2 rings (SSSR count). The van der Waals surface area contributed by atoms with Crippen molar-refractivity contribution < 1.29 is 9.66 Å². The van der Waals surface area contributed by atoms with Crippen LogP contribution in [0.25, 0.3) is 0 Å². The Bertz CT molecular complexity index is 657. The van der Waals surface area contributed by atoms with Gasteiger partial charge >= 0.3 is 0 Å². The summed E-state index contributed by atoms with van der Waals surface area (Å²) in [5, 5.41) is 19.6. The lowest BCUT2D eigenvalue weighted by Crippen LogP contribution is -1.93. The molecule has 5 nitrogen and oxygen atoms in total. The van der Waals surface area contributed by atoms with Crippen molar-refractivity contribution in [1.29, 1.82) is 5.26 Å². The van der Waals surface area contributed by atoms with Gasteiger partial charge in [-0.05, 0) is 31.2 Å². The highest BCUT2D eigenvalue weighted by molar-refractivity contribution is 5.53. The third kappa shape index (κ3) is 2.87. The van der Waals surface area contributed by atoms with Crippen LogP contribution in [-0.2, 0) is 0 Å². The number of rotatable bonds is 3. The van der Waals surface area contributed by atoms with Crippen LogP contribution in [0.5, 0.6) is 11.5 Å². The molecule has 2 aromatic rings. The average molecular weight is 254 g/mol. The molecular formula is C14H10N2O3. The molecular weight excluding hydrogens is 244 g/mol. The van der Waals surface area contributed by atoms with E-state index in [0.717, 1.165) is 5.56 Å². The standard InChI is InChI=1S/C14H10N2O3/c1-10-2-5-12(6-3-10)19-13-7-4-11(9-15)14(8-13)16(17)18/h2-8H,1H3. The van der Waals surface area contributed by atoms with E-state index < -0.39 is 4.92 Å². The molecule has 0 aliphatic rings. The average Bonchev–Trinajstić information content (AvgIpc) is 2.41. The summed E-state index contributed by atoms with van der Waals surface area (Å²) in [5.74, 6) is 0.916. The van der Waals surface area contributed by atoms with Gasteiger partial charge in [-0.3, -0.25) is 10.1 Å². The van der Waals surface area contributed by atoms with E-state index in [1.807, 2.05) is 19.1 Å². The summed E-state index contributed by atoms with van der Waals surface area (Å²) in [4.78, 5) is 10.2. The summed E-state index contributed by atoms with van der Waals surface area (Å²) in [6.45, 7) is 1.95. The number of aryl methyl sites for hydroxylation is 1. The lowest BCUT2D eigenvalue weighted by Gasteiger charge is -2.06. The molecule has 0 radical (unpaired) electrons. The molecule has 0 aliphatic carbocycles. The molecule has 2 aromatic carbocycles. The van der Waals surface area contributed by atoms with E-state index >= 15 is 0 Å². The molecule has 0 aliphatic heterocycles. The smallest absolute Gasteiger partial charge is 0.290 e. The van der Waals surface area contributed by atoms with Gasteiger partial charge in [0.25, 0.3) is 5.69 Å². The summed E-state index contributed by atoms with van der Waals surface area (Å²) < 4.78 is 5.51. The highest BCUT2D eigenvalue weighted by Crippen LogP contribution is 2.28. The fraction of sp³-hybridized carbons (Fsp3) is 0.0714. The monoisotopic (exact) mass is 254 g/mol. The summed E-state index contributed by atoms with van der Waals surface area (Å²) in [6.07, 6.45) is 0. The predicted molar refractivity (Wildman–Crippen MR) is 69.1 cm³/mol. The van der Waals surface area contributed by atoms with Crippen molar-refractivity contribution in [1.82, 2.24) is 0 Å². The molecule has 0 unspecified atom stereocenters. The lowest BCUT2D eigenvalue weighted by atomic mass is 10.2. The van der Waals surface area contributed by atoms with Gasteiger partial charge in [0.15, 0.2) is 0 Å². The van der Waals surface area contributed by atoms with Crippen molar-refractivity contribution in [2.45, 2.75) is 6.92 Å². The van der Waals surface area contributed by atoms with Crippen LogP contribution in [0.2, 0.25) is 0 Å². The number of ether oxygens (including phenoxy) is 1. The van der Waals surface area contributed by atoms with Gasteiger partial charge in [-0.25, -0.2) is 0 Å². The first-order valence-electron chi connectivity index (χ1n) is 5.53. The zero-order chi connectivity index (χ0) is 13.8. The Balaban J connectivity index is 2.31. The quantitative estimate of drug-likeness (QED) is 0.619. The number of nitriles is 1. The zero-order valence-electron chi connectivity index (χ0n) is 10.2. The van der Waals surface area contributed by atoms with E-state index in [1.54, 1.807) is 18.2 Å². The number of nitro benzene ring substituents is 1. The second kappa shape index (κ2) is 5.19. The van der Waals surface area contributed by atoms with Gasteiger partial charge in [0.2, 0.25) is 0 Å². The minimum absolute atomic E-state index is 0.0151. The molecule has 0 fully saturated rings. The van der Waals surface area contributed by atoms with Crippen LogP contribution in [0.4, 0.5) is 5.69 Å². The van der Waals surface area contributed by atoms with Crippen molar-refractivity contribution in [3.05, 3.63) is 63.7 Å². The molecule has 0 atom stereocenters. The van der Waals surface area contributed by atoms with Crippen molar-refractivity contribution in [3.8, 4) is 17.6 Å². The Hall–Kier alpha value is -2.87. The molecule has 0 bridgehead atoms. The lowest BCUT2D eigenvalue weighted by molar-refractivity contribution is -0.385. The first kappa shape index (κ1) is 12.6. The molecule has 19 heavy (non-hydrogen) atoms. The van der Waals surface area contributed by atoms with Crippen molar-refractivity contribution in [3.63, 3.8) is 0 Å². The maximum atomic E-state index is 10.8. The summed E-state index contributed by atoms with van der Waals surface area (Å²) in [6, 6.07) is 13.3. The fourth-order valence-corrected chi connectivity index (χ4v) is 1.56. The van der Waals surface area contributed by atoms with E-state index in [9.17, 15) is 10.1 Å². The largest absolute Gasteiger partial charge is 0.457 e. The summed E-state index contributed by atoms with van der Waals surface area (Å²) in [5.41, 5.74) is 0.853. The second-order valence-electron chi connectivity index (χ2n) is 3.96. The Morgan fingerprint density at radius 2 is 1.79 bits per heavy atom. The molecule has 0 N–H and O–H groups in total. The Morgan fingerprint density at radius 3 is 2.37 bits per heavy atom. The first-order chi connectivity index (χ1) is 9.10. The van der Waals surface area contributed by atoms with Gasteiger partial charge < -0.3 is 4.74 Å².